The zero-order valence-corrected chi connectivity index (χ0v) is 15.4. The lowest BCUT2D eigenvalue weighted by atomic mass is 9.87. The summed E-state index contributed by atoms with van der Waals surface area (Å²) in [5.41, 5.74) is -0.173. The Morgan fingerprint density at radius 3 is 2.74 bits per heavy atom. The molecule has 2 atom stereocenters. The molecule has 1 fully saturated rings. The summed E-state index contributed by atoms with van der Waals surface area (Å²) >= 11 is 3.52. The third-order valence-corrected chi connectivity index (χ3v) is 6.47. The van der Waals surface area contributed by atoms with Crippen molar-refractivity contribution >= 4 is 29.4 Å². The van der Waals surface area contributed by atoms with E-state index in [1.165, 1.54) is 6.07 Å². The van der Waals surface area contributed by atoms with Crippen molar-refractivity contribution in [3.63, 3.8) is 0 Å². The van der Waals surface area contributed by atoms with Gasteiger partial charge in [0.2, 0.25) is 5.91 Å². The number of rotatable bonds is 5. The molecule has 1 aliphatic rings. The number of hydrogen-bond donors (Lipinski definition) is 1. The number of nitrogens with one attached hydrogen (secondary N) is 1. The molecule has 1 saturated heterocycles. The summed E-state index contributed by atoms with van der Waals surface area (Å²) in [7, 11) is 0. The van der Waals surface area contributed by atoms with Crippen LogP contribution in [-0.4, -0.2) is 41.1 Å². The Bertz CT molecular complexity index is 528. The number of hydrogen-bond acceptors (Lipinski definition) is 4. The number of benzene rings is 1. The highest BCUT2D eigenvalue weighted by atomic mass is 32.2. The molecule has 2 unspecified atom stereocenters. The van der Waals surface area contributed by atoms with Crippen LogP contribution < -0.4 is 10.1 Å². The predicted molar refractivity (Wildman–Crippen MR) is 96.9 cm³/mol. The van der Waals surface area contributed by atoms with Crippen molar-refractivity contribution in [2.45, 2.75) is 32.1 Å². The maximum atomic E-state index is 13.7. The molecule has 1 heterocycles. The third-order valence-electron chi connectivity index (χ3n) is 3.71. The van der Waals surface area contributed by atoms with Crippen LogP contribution in [-0.2, 0) is 4.79 Å². The molecule has 0 saturated carbocycles. The van der Waals surface area contributed by atoms with Crippen LogP contribution in [0.2, 0.25) is 0 Å². The summed E-state index contributed by atoms with van der Waals surface area (Å²) in [6, 6.07) is 6.16. The van der Waals surface area contributed by atoms with E-state index in [1.807, 2.05) is 32.5 Å². The minimum atomic E-state index is -0.384. The fourth-order valence-electron chi connectivity index (χ4n) is 2.15. The molecule has 0 aliphatic carbocycles. The third kappa shape index (κ3) is 5.60. The first-order valence-electron chi connectivity index (χ1n) is 7.75. The second kappa shape index (κ2) is 8.29. The Hall–Kier alpha value is -0.880. The van der Waals surface area contributed by atoms with Gasteiger partial charge in [0, 0.05) is 17.3 Å². The first-order valence-corrected chi connectivity index (χ1v) is 9.95. The largest absolute Gasteiger partial charge is 0.488 e. The second-order valence-corrected chi connectivity index (χ2v) is 9.06. The van der Waals surface area contributed by atoms with Gasteiger partial charge in [0.1, 0.15) is 6.61 Å². The number of ether oxygens (including phenoxy) is 1. The molecular formula is C17H24FNO2S2. The quantitative estimate of drug-likeness (QED) is 0.874. The van der Waals surface area contributed by atoms with Crippen molar-refractivity contribution < 1.29 is 13.9 Å². The first-order chi connectivity index (χ1) is 10.9. The van der Waals surface area contributed by atoms with E-state index in [9.17, 15) is 9.18 Å². The van der Waals surface area contributed by atoms with Crippen molar-refractivity contribution in [2.75, 3.05) is 23.9 Å². The first kappa shape index (κ1) is 18.5. The number of halogens is 1. The molecule has 0 aromatic heterocycles. The van der Waals surface area contributed by atoms with Gasteiger partial charge in [-0.25, -0.2) is 4.39 Å². The van der Waals surface area contributed by atoms with Gasteiger partial charge in [-0.3, -0.25) is 4.79 Å². The van der Waals surface area contributed by atoms with Crippen LogP contribution in [0.25, 0.3) is 0 Å². The lowest BCUT2D eigenvalue weighted by molar-refractivity contribution is -0.122. The van der Waals surface area contributed by atoms with Crippen LogP contribution in [0.3, 0.4) is 0 Å². The Kier molecular flexibility index (Phi) is 6.65. The minimum absolute atomic E-state index is 0.00735. The van der Waals surface area contributed by atoms with Gasteiger partial charge in [0.05, 0.1) is 11.3 Å². The smallest absolute Gasteiger partial charge is 0.234 e. The van der Waals surface area contributed by atoms with Crippen LogP contribution in [0.1, 0.15) is 20.8 Å². The van der Waals surface area contributed by atoms with Crippen LogP contribution in [0, 0.1) is 11.2 Å². The molecule has 1 N–H and O–H groups in total. The Morgan fingerprint density at radius 2 is 2.13 bits per heavy atom. The van der Waals surface area contributed by atoms with Crippen molar-refractivity contribution in [3.8, 4) is 5.75 Å². The molecule has 6 heteroatoms. The van der Waals surface area contributed by atoms with E-state index in [1.54, 1.807) is 30.0 Å². The topological polar surface area (TPSA) is 38.3 Å². The number of thioether (sulfide) groups is 2. The monoisotopic (exact) mass is 357 g/mol. The Balaban J connectivity index is 1.97. The molecule has 128 valence electrons. The molecule has 3 nitrogen and oxygen atoms in total. The highest BCUT2D eigenvalue weighted by Crippen LogP contribution is 2.26. The molecule has 2 rings (SSSR count). The molecule has 23 heavy (non-hydrogen) atoms. The van der Waals surface area contributed by atoms with E-state index < -0.39 is 0 Å². The highest BCUT2D eigenvalue weighted by Gasteiger charge is 2.31. The van der Waals surface area contributed by atoms with E-state index in [0.29, 0.717) is 0 Å². The van der Waals surface area contributed by atoms with Crippen LogP contribution in [0.4, 0.5) is 4.39 Å². The maximum Gasteiger partial charge on any atom is 0.234 e. The lowest BCUT2D eigenvalue weighted by Gasteiger charge is -2.33. The molecule has 0 radical (unpaired) electrons. The predicted octanol–water partition coefficient (Wildman–Crippen LogP) is 3.58. The highest BCUT2D eigenvalue weighted by molar-refractivity contribution is 8.07. The molecule has 1 amide bonds. The summed E-state index contributed by atoms with van der Waals surface area (Å²) in [5, 5.41) is 3.09. The van der Waals surface area contributed by atoms with Crippen molar-refractivity contribution in [3.05, 3.63) is 30.1 Å². The molecule has 1 aromatic rings. The zero-order valence-electron chi connectivity index (χ0n) is 13.8. The molecule has 1 aromatic carbocycles. The number of para-hydroxylation sites is 1. The average molecular weight is 358 g/mol. The summed E-state index contributed by atoms with van der Waals surface area (Å²) in [6.45, 7) is 6.39. The summed E-state index contributed by atoms with van der Waals surface area (Å²) in [6.07, 6.45) is 0. The van der Waals surface area contributed by atoms with Crippen molar-refractivity contribution in [2.24, 2.45) is 5.41 Å². The minimum Gasteiger partial charge on any atom is -0.488 e. The fraction of sp³-hybridized carbons (Fsp3) is 0.588. The summed E-state index contributed by atoms with van der Waals surface area (Å²) in [5.74, 6) is 2.85. The van der Waals surface area contributed by atoms with E-state index in [0.717, 1.165) is 17.3 Å². The second-order valence-electron chi connectivity index (χ2n) is 6.60. The summed E-state index contributed by atoms with van der Waals surface area (Å²) < 4.78 is 19.3. The number of carbonyl (C=O) groups is 1. The van der Waals surface area contributed by atoms with Gasteiger partial charge >= 0.3 is 0 Å². The van der Waals surface area contributed by atoms with Gasteiger partial charge in [-0.15, -0.1) is 11.8 Å². The van der Waals surface area contributed by atoms with E-state index in [2.05, 4.69) is 5.32 Å². The molecular weight excluding hydrogens is 333 g/mol. The molecule has 0 spiro atoms. The van der Waals surface area contributed by atoms with Crippen LogP contribution >= 0.6 is 23.5 Å². The van der Waals surface area contributed by atoms with E-state index >= 15 is 0 Å². The van der Waals surface area contributed by atoms with Gasteiger partial charge in [0.25, 0.3) is 0 Å². The SMILES string of the molecule is CC(C)(C)C(COc1ccccc1F)NC(=O)C1CSCCS1. The zero-order chi connectivity index (χ0) is 16.9. The fourth-order valence-corrected chi connectivity index (χ4v) is 4.71. The van der Waals surface area contributed by atoms with Gasteiger partial charge in [-0.05, 0) is 17.5 Å². The Morgan fingerprint density at radius 1 is 1.39 bits per heavy atom. The van der Waals surface area contributed by atoms with Gasteiger partial charge in [0.15, 0.2) is 11.6 Å². The number of amides is 1. The number of carbonyl (C=O) groups excluding carboxylic acids is 1. The van der Waals surface area contributed by atoms with E-state index in [4.69, 9.17) is 4.74 Å². The van der Waals surface area contributed by atoms with Crippen molar-refractivity contribution in [1.29, 1.82) is 0 Å². The maximum absolute atomic E-state index is 13.7. The van der Waals surface area contributed by atoms with Gasteiger partial charge in [-0.1, -0.05) is 32.9 Å². The van der Waals surface area contributed by atoms with Crippen LogP contribution in [0.15, 0.2) is 24.3 Å². The van der Waals surface area contributed by atoms with Crippen molar-refractivity contribution in [1.82, 2.24) is 5.32 Å². The van der Waals surface area contributed by atoms with Gasteiger partial charge in [-0.2, -0.15) is 11.8 Å². The molecule has 0 bridgehead atoms. The van der Waals surface area contributed by atoms with Crippen LogP contribution in [0.5, 0.6) is 5.75 Å². The van der Waals surface area contributed by atoms with Gasteiger partial charge < -0.3 is 10.1 Å². The normalized spacial score (nSPS) is 19.9. The van der Waals surface area contributed by atoms with E-state index in [-0.39, 0.29) is 40.8 Å². The summed E-state index contributed by atoms with van der Waals surface area (Å²) in [4.78, 5) is 12.5. The molecule has 1 aliphatic heterocycles. The lowest BCUT2D eigenvalue weighted by Crippen LogP contribution is -2.50. The standard InChI is InChI=1S/C17H24FNO2S2/c1-17(2,3)15(10-21-13-7-5-4-6-12(13)18)19-16(20)14-11-22-8-9-23-14/h4-7,14-15H,8-11H2,1-3H3,(H,19,20). The Labute approximate surface area is 146 Å². The average Bonchev–Trinajstić information content (AvgIpc) is 2.52.